The third-order valence-corrected chi connectivity index (χ3v) is 3.10. The Morgan fingerprint density at radius 1 is 1.20 bits per heavy atom. The maximum Gasteiger partial charge on any atom is 0.313 e. The molecule has 108 valence electrons. The Bertz CT molecular complexity index is 465. The van der Waals surface area contributed by atoms with Crippen molar-refractivity contribution in [2.75, 3.05) is 14.2 Å². The van der Waals surface area contributed by atoms with Gasteiger partial charge in [-0.25, -0.2) is 0 Å². The molecular weight excluding hydrogens is 256 g/mol. The van der Waals surface area contributed by atoms with Crippen molar-refractivity contribution in [2.24, 2.45) is 5.92 Å². The molecule has 0 aliphatic heterocycles. The molecule has 0 aliphatic carbocycles. The first-order chi connectivity index (χ1) is 9.58. The molecule has 0 unspecified atom stereocenters. The van der Waals surface area contributed by atoms with Crippen LogP contribution in [0.3, 0.4) is 0 Å². The summed E-state index contributed by atoms with van der Waals surface area (Å²) in [5.41, 5.74) is 1.03. The Morgan fingerprint density at radius 2 is 1.85 bits per heavy atom. The Balaban J connectivity index is 2.68. The van der Waals surface area contributed by atoms with Gasteiger partial charge in [0.05, 0.1) is 13.2 Å². The fourth-order valence-corrected chi connectivity index (χ4v) is 1.78. The van der Waals surface area contributed by atoms with Gasteiger partial charge in [0.15, 0.2) is 0 Å². The highest BCUT2D eigenvalue weighted by molar-refractivity contribution is 5.97. The van der Waals surface area contributed by atoms with Crippen LogP contribution in [0.1, 0.15) is 18.9 Å². The number of hydrogen-bond donors (Lipinski definition) is 0. The summed E-state index contributed by atoms with van der Waals surface area (Å²) in [7, 11) is 2.81. The van der Waals surface area contributed by atoms with E-state index < -0.39 is 11.9 Å². The summed E-state index contributed by atoms with van der Waals surface area (Å²) in [5, 5.41) is 0. The molecule has 1 rings (SSSR count). The molecule has 4 heteroatoms. The highest BCUT2D eigenvalue weighted by atomic mass is 16.5. The molecule has 4 nitrogen and oxygen atoms in total. The summed E-state index contributed by atoms with van der Waals surface area (Å²) < 4.78 is 9.81. The predicted molar refractivity (Wildman–Crippen MR) is 77.1 cm³/mol. The highest BCUT2D eigenvalue weighted by Gasteiger charge is 2.23. The van der Waals surface area contributed by atoms with Crippen LogP contribution in [-0.2, 0) is 19.1 Å². The van der Waals surface area contributed by atoms with Crippen molar-refractivity contribution in [3.63, 3.8) is 0 Å². The molecule has 0 aromatic heterocycles. The fraction of sp³-hybridized carbons (Fsp3) is 0.375. The molecule has 20 heavy (non-hydrogen) atoms. The van der Waals surface area contributed by atoms with E-state index in [9.17, 15) is 9.59 Å². The second kappa shape index (κ2) is 8.27. The molecule has 0 N–H and O–H groups in total. The van der Waals surface area contributed by atoms with E-state index in [2.05, 4.69) is 4.74 Å². The Kier molecular flexibility index (Phi) is 6.67. The van der Waals surface area contributed by atoms with Crippen LogP contribution in [0.5, 0.6) is 0 Å². The number of rotatable bonds is 7. The van der Waals surface area contributed by atoms with Gasteiger partial charge in [-0.15, -0.1) is 0 Å². The van der Waals surface area contributed by atoms with E-state index in [0.717, 1.165) is 5.56 Å². The lowest BCUT2D eigenvalue weighted by Gasteiger charge is -2.18. The van der Waals surface area contributed by atoms with Gasteiger partial charge in [0.2, 0.25) is 0 Å². The lowest BCUT2D eigenvalue weighted by molar-refractivity contribution is -0.144. The fourth-order valence-electron chi connectivity index (χ4n) is 1.78. The minimum atomic E-state index is -0.524. The van der Waals surface area contributed by atoms with Crippen LogP contribution in [0.2, 0.25) is 0 Å². The Labute approximate surface area is 119 Å². The lowest BCUT2D eigenvalue weighted by atomic mass is 9.96. The zero-order valence-corrected chi connectivity index (χ0v) is 12.0. The summed E-state index contributed by atoms with van der Waals surface area (Å²) in [6.07, 6.45) is 3.13. The van der Waals surface area contributed by atoms with Gasteiger partial charge in [0.1, 0.15) is 12.2 Å². The van der Waals surface area contributed by atoms with Crippen molar-refractivity contribution in [1.29, 1.82) is 0 Å². The molecule has 1 aromatic rings. The molecule has 2 atom stereocenters. The molecule has 0 radical (unpaired) electrons. The standard InChI is InChI=1S/C16H20O4/c1-12(14(17)11-16(18)20-3)15(19-2)10-9-13-7-5-4-6-8-13/h4-10,12,15H,11H2,1-3H3/b10-9+/t12-,15-/m0/s1. The van der Waals surface area contributed by atoms with Gasteiger partial charge >= 0.3 is 5.97 Å². The van der Waals surface area contributed by atoms with Crippen LogP contribution < -0.4 is 0 Å². The summed E-state index contributed by atoms with van der Waals surface area (Å²) in [6.45, 7) is 1.74. The van der Waals surface area contributed by atoms with Crippen LogP contribution >= 0.6 is 0 Å². The monoisotopic (exact) mass is 276 g/mol. The van der Waals surface area contributed by atoms with E-state index in [-0.39, 0.29) is 18.3 Å². The molecule has 0 saturated carbocycles. The van der Waals surface area contributed by atoms with Gasteiger partial charge in [-0.05, 0) is 5.56 Å². The van der Waals surface area contributed by atoms with E-state index in [1.165, 1.54) is 7.11 Å². The molecule has 1 aromatic carbocycles. The van der Waals surface area contributed by atoms with Crippen LogP contribution in [0.15, 0.2) is 36.4 Å². The largest absolute Gasteiger partial charge is 0.469 e. The minimum Gasteiger partial charge on any atom is -0.469 e. The van der Waals surface area contributed by atoms with Gasteiger partial charge in [0.25, 0.3) is 0 Å². The van der Waals surface area contributed by atoms with E-state index in [1.807, 2.05) is 42.5 Å². The summed E-state index contributed by atoms with van der Waals surface area (Å²) in [4.78, 5) is 23.0. The highest BCUT2D eigenvalue weighted by Crippen LogP contribution is 2.14. The average Bonchev–Trinajstić information content (AvgIpc) is 2.48. The van der Waals surface area contributed by atoms with Crippen LogP contribution in [-0.4, -0.2) is 32.1 Å². The van der Waals surface area contributed by atoms with Crippen molar-refractivity contribution in [3.05, 3.63) is 42.0 Å². The smallest absolute Gasteiger partial charge is 0.313 e. The number of carbonyl (C=O) groups excluding carboxylic acids is 2. The number of carbonyl (C=O) groups is 2. The number of ether oxygens (including phenoxy) is 2. The van der Waals surface area contributed by atoms with E-state index in [4.69, 9.17) is 4.74 Å². The van der Waals surface area contributed by atoms with Crippen molar-refractivity contribution >= 4 is 17.8 Å². The molecule has 0 amide bonds. The number of hydrogen-bond acceptors (Lipinski definition) is 4. The summed E-state index contributed by atoms with van der Waals surface area (Å²) in [6, 6.07) is 9.74. The lowest BCUT2D eigenvalue weighted by Crippen LogP contribution is -2.27. The normalized spacial score (nSPS) is 13.9. The second-order valence-electron chi connectivity index (χ2n) is 4.48. The maximum atomic E-state index is 11.9. The molecule has 0 bridgehead atoms. The number of Topliss-reactive ketones (excluding diaryl/α,β-unsaturated/α-hetero) is 1. The van der Waals surface area contributed by atoms with Gasteiger partial charge < -0.3 is 9.47 Å². The molecule has 0 saturated heterocycles. The maximum absolute atomic E-state index is 11.9. The first kappa shape index (κ1) is 16.1. The van der Waals surface area contributed by atoms with Gasteiger partial charge in [-0.1, -0.05) is 49.4 Å². The van der Waals surface area contributed by atoms with Crippen molar-refractivity contribution < 1.29 is 19.1 Å². The summed E-state index contributed by atoms with van der Waals surface area (Å²) >= 11 is 0. The predicted octanol–water partition coefficient (Wildman–Crippen LogP) is 2.48. The average molecular weight is 276 g/mol. The topological polar surface area (TPSA) is 52.6 Å². The van der Waals surface area contributed by atoms with Gasteiger partial charge in [-0.3, -0.25) is 9.59 Å². The molecule has 0 aliphatic rings. The van der Waals surface area contributed by atoms with Crippen LogP contribution in [0.4, 0.5) is 0 Å². The summed E-state index contributed by atoms with van der Waals surface area (Å²) in [5.74, 6) is -1.12. The van der Waals surface area contributed by atoms with E-state index >= 15 is 0 Å². The van der Waals surface area contributed by atoms with E-state index in [1.54, 1.807) is 14.0 Å². The van der Waals surface area contributed by atoms with E-state index in [0.29, 0.717) is 0 Å². The van der Waals surface area contributed by atoms with Crippen molar-refractivity contribution in [1.82, 2.24) is 0 Å². The quantitative estimate of drug-likeness (QED) is 0.567. The van der Waals surface area contributed by atoms with Crippen LogP contribution in [0.25, 0.3) is 6.08 Å². The minimum absolute atomic E-state index is 0.193. The Morgan fingerprint density at radius 3 is 2.40 bits per heavy atom. The molecular formula is C16H20O4. The first-order valence-electron chi connectivity index (χ1n) is 6.44. The second-order valence-corrected chi connectivity index (χ2v) is 4.48. The third kappa shape index (κ3) is 4.97. The number of methoxy groups -OCH3 is 2. The molecule has 0 fully saturated rings. The zero-order chi connectivity index (χ0) is 15.0. The molecule has 0 heterocycles. The molecule has 0 spiro atoms. The number of benzene rings is 1. The SMILES string of the molecule is COC(=O)CC(=O)[C@H](C)[C@H](/C=C/c1ccccc1)OC. The van der Waals surface area contributed by atoms with Crippen molar-refractivity contribution in [2.45, 2.75) is 19.4 Å². The van der Waals surface area contributed by atoms with Gasteiger partial charge in [0, 0.05) is 13.0 Å². The van der Waals surface area contributed by atoms with Gasteiger partial charge in [-0.2, -0.15) is 0 Å². The number of esters is 1. The first-order valence-corrected chi connectivity index (χ1v) is 6.44. The zero-order valence-electron chi connectivity index (χ0n) is 12.0. The van der Waals surface area contributed by atoms with Crippen molar-refractivity contribution in [3.8, 4) is 0 Å². The third-order valence-electron chi connectivity index (χ3n) is 3.10. The number of ketones is 1. The Hall–Kier alpha value is -1.94. The van der Waals surface area contributed by atoms with Crippen LogP contribution in [0, 0.1) is 5.92 Å².